The van der Waals surface area contributed by atoms with Crippen molar-refractivity contribution in [3.63, 3.8) is 0 Å². The number of hydrogen-bond donors (Lipinski definition) is 1. The maximum absolute atomic E-state index is 5.91. The molecule has 1 saturated heterocycles. The van der Waals surface area contributed by atoms with E-state index in [0.29, 0.717) is 12.1 Å². The second kappa shape index (κ2) is 3.00. The second-order valence-corrected chi connectivity index (χ2v) is 4.63. The van der Waals surface area contributed by atoms with Crippen LogP contribution in [0.1, 0.15) is 33.1 Å². The molecule has 2 nitrogen and oxygen atoms in total. The molecule has 0 aromatic heterocycles. The van der Waals surface area contributed by atoms with Crippen LogP contribution in [0.4, 0.5) is 0 Å². The van der Waals surface area contributed by atoms with Gasteiger partial charge in [-0.1, -0.05) is 0 Å². The zero-order valence-electron chi connectivity index (χ0n) is 8.16. The molecule has 2 heteroatoms. The van der Waals surface area contributed by atoms with E-state index in [1.54, 1.807) is 0 Å². The molecule has 0 aromatic rings. The number of nitrogens with two attached hydrogens (primary N) is 1. The maximum atomic E-state index is 5.91. The van der Waals surface area contributed by atoms with Gasteiger partial charge < -0.3 is 5.73 Å². The molecule has 1 saturated carbocycles. The summed E-state index contributed by atoms with van der Waals surface area (Å²) in [4.78, 5) is 2.62. The van der Waals surface area contributed by atoms with E-state index in [0.717, 1.165) is 12.0 Å². The lowest BCUT2D eigenvalue weighted by molar-refractivity contribution is 0.144. The molecule has 2 fully saturated rings. The van der Waals surface area contributed by atoms with Gasteiger partial charge in [0.1, 0.15) is 0 Å². The van der Waals surface area contributed by atoms with E-state index in [1.807, 2.05) is 0 Å². The first-order valence-electron chi connectivity index (χ1n) is 5.20. The Hall–Kier alpha value is -0.0800. The third kappa shape index (κ3) is 1.27. The number of likely N-dealkylation sites (tertiary alicyclic amines) is 1. The summed E-state index contributed by atoms with van der Waals surface area (Å²) in [5.41, 5.74) is 5.91. The van der Waals surface area contributed by atoms with Crippen molar-refractivity contribution in [2.24, 2.45) is 11.7 Å². The molecule has 0 radical (unpaired) electrons. The SMILES string of the molecule is CC(N)C(C)N1CC2CCC1C2. The van der Waals surface area contributed by atoms with Gasteiger partial charge in [-0.25, -0.2) is 0 Å². The highest BCUT2D eigenvalue weighted by molar-refractivity contribution is 4.95. The average Bonchev–Trinajstić information content (AvgIpc) is 2.62. The first kappa shape index (κ1) is 8.52. The van der Waals surface area contributed by atoms with Crippen LogP contribution in [-0.2, 0) is 0 Å². The Morgan fingerprint density at radius 3 is 2.50 bits per heavy atom. The molecule has 0 amide bonds. The quantitative estimate of drug-likeness (QED) is 0.671. The third-order valence-corrected chi connectivity index (χ3v) is 3.74. The molecule has 2 aliphatic rings. The van der Waals surface area contributed by atoms with Crippen molar-refractivity contribution in [3.05, 3.63) is 0 Å². The van der Waals surface area contributed by atoms with Crippen LogP contribution < -0.4 is 5.73 Å². The first-order valence-corrected chi connectivity index (χ1v) is 5.20. The van der Waals surface area contributed by atoms with Crippen LogP contribution in [0, 0.1) is 5.92 Å². The van der Waals surface area contributed by atoms with Gasteiger partial charge in [-0.3, -0.25) is 4.90 Å². The molecule has 12 heavy (non-hydrogen) atoms. The number of hydrogen-bond acceptors (Lipinski definition) is 2. The van der Waals surface area contributed by atoms with Crippen molar-refractivity contribution in [2.75, 3.05) is 6.54 Å². The van der Waals surface area contributed by atoms with Crippen LogP contribution in [0.15, 0.2) is 0 Å². The minimum Gasteiger partial charge on any atom is -0.327 e. The van der Waals surface area contributed by atoms with Crippen LogP contribution in [0.25, 0.3) is 0 Å². The Morgan fingerprint density at radius 1 is 1.33 bits per heavy atom. The van der Waals surface area contributed by atoms with Crippen LogP contribution in [0.2, 0.25) is 0 Å². The lowest BCUT2D eigenvalue weighted by Crippen LogP contribution is -2.47. The summed E-state index contributed by atoms with van der Waals surface area (Å²) in [6, 6.07) is 1.78. The molecule has 1 aliphatic carbocycles. The van der Waals surface area contributed by atoms with Gasteiger partial charge >= 0.3 is 0 Å². The van der Waals surface area contributed by atoms with Crippen molar-refractivity contribution < 1.29 is 0 Å². The van der Waals surface area contributed by atoms with Gasteiger partial charge in [0.15, 0.2) is 0 Å². The molecular weight excluding hydrogens is 148 g/mol. The van der Waals surface area contributed by atoms with Gasteiger partial charge in [0.05, 0.1) is 0 Å². The highest BCUT2D eigenvalue weighted by Crippen LogP contribution is 2.38. The topological polar surface area (TPSA) is 29.3 Å². The van der Waals surface area contributed by atoms with Crippen LogP contribution in [-0.4, -0.2) is 29.6 Å². The molecule has 1 aliphatic heterocycles. The summed E-state index contributed by atoms with van der Waals surface area (Å²) in [5.74, 6) is 0.996. The molecule has 4 unspecified atom stereocenters. The minimum atomic E-state index is 0.323. The Kier molecular flexibility index (Phi) is 2.13. The van der Waals surface area contributed by atoms with E-state index in [9.17, 15) is 0 Å². The van der Waals surface area contributed by atoms with Gasteiger partial charge in [0, 0.05) is 24.7 Å². The summed E-state index contributed by atoms with van der Waals surface area (Å²) < 4.78 is 0. The van der Waals surface area contributed by atoms with Crippen LogP contribution >= 0.6 is 0 Å². The fourth-order valence-electron chi connectivity index (χ4n) is 2.76. The standard InChI is InChI=1S/C10H20N2/c1-7(11)8(2)12-6-9-3-4-10(12)5-9/h7-10H,3-6,11H2,1-2H3. The summed E-state index contributed by atoms with van der Waals surface area (Å²) >= 11 is 0. The van der Waals surface area contributed by atoms with Crippen LogP contribution in [0.5, 0.6) is 0 Å². The molecule has 1 heterocycles. The summed E-state index contributed by atoms with van der Waals surface area (Å²) in [7, 11) is 0. The fraction of sp³-hybridized carbons (Fsp3) is 1.00. The largest absolute Gasteiger partial charge is 0.327 e. The fourth-order valence-corrected chi connectivity index (χ4v) is 2.76. The molecule has 2 bridgehead atoms. The van der Waals surface area contributed by atoms with Gasteiger partial charge in [0.2, 0.25) is 0 Å². The van der Waals surface area contributed by atoms with Crippen molar-refractivity contribution in [1.29, 1.82) is 0 Å². The summed E-state index contributed by atoms with van der Waals surface area (Å²) in [6.45, 7) is 5.70. The monoisotopic (exact) mass is 168 g/mol. The van der Waals surface area contributed by atoms with E-state index >= 15 is 0 Å². The van der Waals surface area contributed by atoms with Crippen molar-refractivity contribution in [3.8, 4) is 0 Å². The average molecular weight is 168 g/mol. The molecule has 2 N–H and O–H groups in total. The summed E-state index contributed by atoms with van der Waals surface area (Å²) in [5, 5.41) is 0. The van der Waals surface area contributed by atoms with E-state index in [1.165, 1.54) is 25.8 Å². The third-order valence-electron chi connectivity index (χ3n) is 3.74. The van der Waals surface area contributed by atoms with Crippen LogP contribution in [0.3, 0.4) is 0 Å². The van der Waals surface area contributed by atoms with E-state index in [2.05, 4.69) is 18.7 Å². The van der Waals surface area contributed by atoms with Gasteiger partial charge in [-0.15, -0.1) is 0 Å². The molecule has 4 atom stereocenters. The van der Waals surface area contributed by atoms with Gasteiger partial charge in [0.25, 0.3) is 0 Å². The summed E-state index contributed by atoms with van der Waals surface area (Å²) in [6.07, 6.45) is 4.33. The minimum absolute atomic E-state index is 0.323. The number of fused-ring (bicyclic) bond motifs is 2. The molecule has 2 rings (SSSR count). The Balaban J connectivity index is 1.97. The van der Waals surface area contributed by atoms with Crippen molar-refractivity contribution in [1.82, 2.24) is 4.90 Å². The van der Waals surface area contributed by atoms with E-state index in [-0.39, 0.29) is 0 Å². The molecular formula is C10H20N2. The molecule has 70 valence electrons. The normalized spacial score (nSPS) is 40.2. The Labute approximate surface area is 75.1 Å². The zero-order chi connectivity index (χ0) is 8.72. The lowest BCUT2D eigenvalue weighted by Gasteiger charge is -2.34. The molecule has 0 aromatic carbocycles. The van der Waals surface area contributed by atoms with Gasteiger partial charge in [-0.05, 0) is 39.0 Å². The first-order chi connectivity index (χ1) is 5.68. The number of rotatable bonds is 2. The maximum Gasteiger partial charge on any atom is 0.0219 e. The Bertz CT molecular complexity index is 167. The van der Waals surface area contributed by atoms with Gasteiger partial charge in [-0.2, -0.15) is 0 Å². The predicted molar refractivity (Wildman–Crippen MR) is 50.9 cm³/mol. The van der Waals surface area contributed by atoms with E-state index in [4.69, 9.17) is 5.73 Å². The molecule has 0 spiro atoms. The second-order valence-electron chi connectivity index (χ2n) is 4.63. The predicted octanol–water partition coefficient (Wildman–Crippen LogP) is 1.21. The highest BCUT2D eigenvalue weighted by atomic mass is 15.2. The van der Waals surface area contributed by atoms with Crippen molar-refractivity contribution in [2.45, 2.75) is 51.2 Å². The van der Waals surface area contributed by atoms with Crippen molar-refractivity contribution >= 4 is 0 Å². The van der Waals surface area contributed by atoms with E-state index < -0.39 is 0 Å². The lowest BCUT2D eigenvalue weighted by atomic mass is 10.1. The Morgan fingerprint density at radius 2 is 2.08 bits per heavy atom. The highest BCUT2D eigenvalue weighted by Gasteiger charge is 2.40. The smallest absolute Gasteiger partial charge is 0.0219 e. The zero-order valence-corrected chi connectivity index (χ0v) is 8.16. The number of piperidine rings is 1. The number of nitrogens with zero attached hydrogens (tertiary/aromatic N) is 1.